The summed E-state index contributed by atoms with van der Waals surface area (Å²) in [6.45, 7) is 2.78. The smallest absolute Gasteiger partial charge is 0.246 e. The quantitative estimate of drug-likeness (QED) is 0.946. The van der Waals surface area contributed by atoms with Crippen LogP contribution in [0.15, 0.2) is 48.5 Å². The first kappa shape index (κ1) is 15.1. The predicted octanol–water partition coefficient (Wildman–Crippen LogP) is 3.34. The molecule has 1 heterocycles. The Morgan fingerprint density at radius 3 is 2.78 bits per heavy atom. The van der Waals surface area contributed by atoms with Gasteiger partial charge in [-0.15, -0.1) is 0 Å². The lowest BCUT2D eigenvalue weighted by atomic mass is 10.00. The van der Waals surface area contributed by atoms with Gasteiger partial charge >= 0.3 is 0 Å². The number of anilines is 2. The summed E-state index contributed by atoms with van der Waals surface area (Å²) in [7, 11) is 0. The fourth-order valence-corrected chi connectivity index (χ4v) is 3.03. The minimum absolute atomic E-state index is 0.0931. The van der Waals surface area contributed by atoms with Crippen LogP contribution in [0.5, 0.6) is 0 Å². The fraction of sp³-hybridized carbons (Fsp3) is 0.263. The Kier molecular flexibility index (Phi) is 4.29. The molecule has 1 N–H and O–H groups in total. The fourth-order valence-electron chi connectivity index (χ4n) is 3.03. The van der Waals surface area contributed by atoms with Crippen molar-refractivity contribution in [3.05, 3.63) is 59.7 Å². The van der Waals surface area contributed by atoms with Crippen LogP contribution in [-0.4, -0.2) is 18.5 Å². The van der Waals surface area contributed by atoms with Crippen LogP contribution < -0.4 is 10.2 Å². The number of aryl methyl sites for hydroxylation is 1. The van der Waals surface area contributed by atoms with Gasteiger partial charge in [0.2, 0.25) is 5.91 Å². The van der Waals surface area contributed by atoms with Crippen LogP contribution in [0.25, 0.3) is 0 Å². The molecule has 1 amide bonds. The largest absolute Gasteiger partial charge is 0.360 e. The van der Waals surface area contributed by atoms with E-state index in [1.807, 2.05) is 25.1 Å². The summed E-state index contributed by atoms with van der Waals surface area (Å²) in [5, 5.41) is 12.0. The highest BCUT2D eigenvalue weighted by Crippen LogP contribution is 2.28. The third kappa shape index (κ3) is 3.04. The van der Waals surface area contributed by atoms with Crippen molar-refractivity contribution in [3.63, 3.8) is 0 Å². The number of para-hydroxylation sites is 2. The number of nitriles is 1. The molecule has 0 saturated heterocycles. The van der Waals surface area contributed by atoms with Gasteiger partial charge in [0.1, 0.15) is 12.1 Å². The lowest BCUT2D eigenvalue weighted by molar-refractivity contribution is -0.117. The molecule has 116 valence electrons. The molecule has 4 nitrogen and oxygen atoms in total. The summed E-state index contributed by atoms with van der Waals surface area (Å²) < 4.78 is 0. The van der Waals surface area contributed by atoms with Crippen molar-refractivity contribution in [2.45, 2.75) is 25.8 Å². The summed E-state index contributed by atoms with van der Waals surface area (Å²) in [6, 6.07) is 17.1. The summed E-state index contributed by atoms with van der Waals surface area (Å²) in [5.74, 6) is -0.0931. The number of carbonyl (C=O) groups excluding carboxylic acids is 1. The minimum atomic E-state index is -0.289. The second-order valence-electron chi connectivity index (χ2n) is 5.75. The lowest BCUT2D eigenvalue weighted by Gasteiger charge is -2.35. The molecule has 3 rings (SSSR count). The molecule has 1 aliphatic heterocycles. The van der Waals surface area contributed by atoms with Gasteiger partial charge in [-0.05, 0) is 43.5 Å². The molecule has 0 bridgehead atoms. The van der Waals surface area contributed by atoms with Crippen LogP contribution in [0.4, 0.5) is 11.4 Å². The van der Waals surface area contributed by atoms with Crippen LogP contribution >= 0.6 is 0 Å². The van der Waals surface area contributed by atoms with Crippen molar-refractivity contribution in [1.29, 1.82) is 5.26 Å². The van der Waals surface area contributed by atoms with Crippen molar-refractivity contribution < 1.29 is 4.79 Å². The third-order valence-electron chi connectivity index (χ3n) is 4.30. The Bertz CT molecular complexity index is 763. The standard InChI is InChI=1S/C19H19N3O/c1-14(19(23)21-17-10-4-2-8-16(17)13-20)22-12-6-9-15-7-3-5-11-18(15)22/h2-5,7-8,10-11,14H,6,9,12H2,1H3,(H,21,23). The minimum Gasteiger partial charge on any atom is -0.360 e. The molecule has 2 aromatic rings. The SMILES string of the molecule is CC(C(=O)Nc1ccccc1C#N)N1CCCc2ccccc21. The molecule has 0 aliphatic carbocycles. The van der Waals surface area contributed by atoms with E-state index in [4.69, 9.17) is 5.26 Å². The van der Waals surface area contributed by atoms with Gasteiger partial charge in [-0.1, -0.05) is 30.3 Å². The molecular formula is C19H19N3O. The first-order valence-electron chi connectivity index (χ1n) is 7.85. The number of carbonyl (C=O) groups is 1. The van der Waals surface area contributed by atoms with E-state index < -0.39 is 0 Å². The molecule has 1 aliphatic rings. The van der Waals surface area contributed by atoms with Crippen molar-refractivity contribution in [1.82, 2.24) is 0 Å². The van der Waals surface area contributed by atoms with E-state index in [0.717, 1.165) is 25.1 Å². The summed E-state index contributed by atoms with van der Waals surface area (Å²) in [6.07, 6.45) is 2.10. The molecule has 0 radical (unpaired) electrons. The molecular weight excluding hydrogens is 286 g/mol. The first-order chi connectivity index (χ1) is 11.2. The number of hydrogen-bond donors (Lipinski definition) is 1. The zero-order chi connectivity index (χ0) is 16.2. The Morgan fingerprint density at radius 2 is 1.96 bits per heavy atom. The summed E-state index contributed by atoms with van der Waals surface area (Å²) >= 11 is 0. The first-order valence-corrected chi connectivity index (χ1v) is 7.85. The highest BCUT2D eigenvalue weighted by Gasteiger charge is 2.26. The molecule has 1 unspecified atom stereocenters. The zero-order valence-corrected chi connectivity index (χ0v) is 13.1. The van der Waals surface area contributed by atoms with Crippen LogP contribution in [-0.2, 0) is 11.2 Å². The van der Waals surface area contributed by atoms with Crippen molar-refractivity contribution in [2.75, 3.05) is 16.8 Å². The Labute approximate surface area is 136 Å². The zero-order valence-electron chi connectivity index (χ0n) is 13.1. The number of benzene rings is 2. The maximum absolute atomic E-state index is 12.6. The topological polar surface area (TPSA) is 56.1 Å². The second-order valence-corrected chi connectivity index (χ2v) is 5.75. The molecule has 0 aromatic heterocycles. The normalized spacial score (nSPS) is 14.5. The van der Waals surface area contributed by atoms with E-state index in [9.17, 15) is 4.79 Å². The number of hydrogen-bond acceptors (Lipinski definition) is 3. The monoisotopic (exact) mass is 305 g/mol. The van der Waals surface area contributed by atoms with Crippen LogP contribution in [0.3, 0.4) is 0 Å². The maximum Gasteiger partial charge on any atom is 0.246 e. The van der Waals surface area contributed by atoms with Crippen LogP contribution in [0.1, 0.15) is 24.5 Å². The number of amides is 1. The van der Waals surface area contributed by atoms with Gasteiger partial charge in [0, 0.05) is 12.2 Å². The van der Waals surface area contributed by atoms with Crippen molar-refractivity contribution in [2.24, 2.45) is 0 Å². The van der Waals surface area contributed by atoms with E-state index in [1.54, 1.807) is 18.2 Å². The van der Waals surface area contributed by atoms with Gasteiger partial charge in [-0.25, -0.2) is 0 Å². The molecule has 4 heteroatoms. The van der Waals surface area contributed by atoms with E-state index in [0.29, 0.717) is 11.3 Å². The molecule has 2 aromatic carbocycles. The number of nitrogens with one attached hydrogen (secondary N) is 1. The Morgan fingerprint density at radius 1 is 1.22 bits per heavy atom. The second kappa shape index (κ2) is 6.53. The maximum atomic E-state index is 12.6. The average Bonchev–Trinajstić information content (AvgIpc) is 2.61. The third-order valence-corrected chi connectivity index (χ3v) is 4.30. The summed E-state index contributed by atoms with van der Waals surface area (Å²) in [5.41, 5.74) is 3.47. The molecule has 23 heavy (non-hydrogen) atoms. The van der Waals surface area contributed by atoms with Gasteiger partial charge in [-0.3, -0.25) is 4.79 Å². The van der Waals surface area contributed by atoms with Gasteiger partial charge in [0.15, 0.2) is 0 Å². The van der Waals surface area contributed by atoms with Gasteiger partial charge < -0.3 is 10.2 Å². The number of fused-ring (bicyclic) bond motifs is 1. The van der Waals surface area contributed by atoms with Crippen molar-refractivity contribution in [3.8, 4) is 6.07 Å². The molecule has 0 saturated carbocycles. The van der Waals surface area contributed by atoms with E-state index in [-0.39, 0.29) is 11.9 Å². The predicted molar refractivity (Wildman–Crippen MR) is 91.4 cm³/mol. The lowest BCUT2D eigenvalue weighted by Crippen LogP contribution is -2.44. The molecule has 0 spiro atoms. The van der Waals surface area contributed by atoms with Gasteiger partial charge in [0.05, 0.1) is 11.3 Å². The molecule has 1 atom stereocenters. The van der Waals surface area contributed by atoms with Crippen LogP contribution in [0, 0.1) is 11.3 Å². The van der Waals surface area contributed by atoms with Gasteiger partial charge in [-0.2, -0.15) is 5.26 Å². The van der Waals surface area contributed by atoms with E-state index >= 15 is 0 Å². The van der Waals surface area contributed by atoms with Crippen LogP contribution in [0.2, 0.25) is 0 Å². The average molecular weight is 305 g/mol. The summed E-state index contributed by atoms with van der Waals surface area (Å²) in [4.78, 5) is 14.8. The van der Waals surface area contributed by atoms with E-state index in [2.05, 4.69) is 28.4 Å². The highest BCUT2D eigenvalue weighted by molar-refractivity contribution is 5.97. The number of rotatable bonds is 3. The highest BCUT2D eigenvalue weighted by atomic mass is 16.2. The Hall–Kier alpha value is -2.80. The number of nitrogens with zero attached hydrogens (tertiary/aromatic N) is 2. The Balaban J connectivity index is 1.80. The van der Waals surface area contributed by atoms with E-state index in [1.165, 1.54) is 5.56 Å². The van der Waals surface area contributed by atoms with Crippen molar-refractivity contribution >= 4 is 17.3 Å². The van der Waals surface area contributed by atoms with Gasteiger partial charge in [0.25, 0.3) is 0 Å². The molecule has 0 fully saturated rings.